The van der Waals surface area contributed by atoms with Crippen LogP contribution in [-0.4, -0.2) is 21.4 Å². The second-order valence-corrected chi connectivity index (χ2v) is 7.93. The largest absolute Gasteiger partial charge is 0.384 e. The van der Waals surface area contributed by atoms with Crippen LogP contribution in [-0.2, 0) is 19.3 Å². The summed E-state index contributed by atoms with van der Waals surface area (Å²) < 4.78 is 28.3. The summed E-state index contributed by atoms with van der Waals surface area (Å²) >= 11 is 0. The van der Waals surface area contributed by atoms with Gasteiger partial charge in [0.05, 0.1) is 0 Å². The van der Waals surface area contributed by atoms with Gasteiger partial charge in [-0.1, -0.05) is 70.4 Å². The first-order valence-electron chi connectivity index (χ1n) is 9.82. The molecule has 6 heteroatoms. The summed E-state index contributed by atoms with van der Waals surface area (Å²) in [5.41, 5.74) is 0. The van der Waals surface area contributed by atoms with Gasteiger partial charge in [0.15, 0.2) is 0 Å². The Morgan fingerprint density at radius 3 is 1.84 bits per heavy atom. The van der Waals surface area contributed by atoms with E-state index >= 15 is 0 Å². The second kappa shape index (κ2) is 16.6. The third-order valence-electron chi connectivity index (χ3n) is 4.10. The molecule has 0 heterocycles. The van der Waals surface area contributed by atoms with E-state index in [1.165, 1.54) is 58.4 Å². The van der Waals surface area contributed by atoms with E-state index in [2.05, 4.69) is 23.3 Å². The number of carbonyl (C=O) groups is 1. The molecule has 0 aliphatic carbocycles. The molecule has 0 fully saturated rings. The number of rotatable bonds is 17. The molecule has 0 atom stereocenters. The van der Waals surface area contributed by atoms with Crippen molar-refractivity contribution >= 4 is 16.3 Å². The van der Waals surface area contributed by atoms with Crippen LogP contribution in [0.2, 0.25) is 0 Å². The first kappa shape index (κ1) is 24.1. The van der Waals surface area contributed by atoms with Crippen LogP contribution in [0.15, 0.2) is 12.2 Å². The first-order valence-corrected chi connectivity index (χ1v) is 11.2. The van der Waals surface area contributed by atoms with E-state index in [1.807, 2.05) is 4.72 Å². The van der Waals surface area contributed by atoms with Gasteiger partial charge < -0.3 is 4.18 Å². The summed E-state index contributed by atoms with van der Waals surface area (Å²) in [7, 11) is -2.68. The molecule has 0 unspecified atom stereocenters. The predicted octanol–water partition coefficient (Wildman–Crippen LogP) is 5.03. The van der Waals surface area contributed by atoms with Gasteiger partial charge >= 0.3 is 16.3 Å². The topological polar surface area (TPSA) is 72.5 Å². The molecule has 0 saturated heterocycles. The SMILES string of the molecule is CCCCCCCC/C=C\CCCCCCCC(=O)OS(=O)(=O)NC. The monoisotopic (exact) mass is 375 g/mol. The Morgan fingerprint density at radius 2 is 1.32 bits per heavy atom. The van der Waals surface area contributed by atoms with Crippen molar-refractivity contribution in [2.75, 3.05) is 7.05 Å². The first-order chi connectivity index (χ1) is 12.0. The Morgan fingerprint density at radius 1 is 0.840 bits per heavy atom. The lowest BCUT2D eigenvalue weighted by atomic mass is 10.1. The lowest BCUT2D eigenvalue weighted by molar-refractivity contribution is -0.134. The van der Waals surface area contributed by atoms with Crippen molar-refractivity contribution in [2.45, 2.75) is 96.8 Å². The fourth-order valence-electron chi connectivity index (χ4n) is 2.55. The molecule has 0 radical (unpaired) electrons. The molecule has 0 saturated carbocycles. The van der Waals surface area contributed by atoms with Crippen molar-refractivity contribution in [1.29, 1.82) is 0 Å². The highest BCUT2D eigenvalue weighted by atomic mass is 32.2. The molecule has 0 amide bonds. The Balaban J connectivity index is 3.33. The van der Waals surface area contributed by atoms with Crippen molar-refractivity contribution in [2.24, 2.45) is 0 Å². The van der Waals surface area contributed by atoms with Gasteiger partial charge in [-0.25, -0.2) is 0 Å². The fraction of sp³-hybridized carbons (Fsp3) is 0.842. The molecule has 1 N–H and O–H groups in total. The molecular weight excluding hydrogens is 338 g/mol. The Kier molecular flexibility index (Phi) is 16.0. The average molecular weight is 376 g/mol. The van der Waals surface area contributed by atoms with Crippen LogP contribution in [0.3, 0.4) is 0 Å². The van der Waals surface area contributed by atoms with Crippen LogP contribution in [0.25, 0.3) is 0 Å². The zero-order chi connectivity index (χ0) is 18.8. The third kappa shape index (κ3) is 17.7. The summed E-state index contributed by atoms with van der Waals surface area (Å²) in [6, 6.07) is 0. The number of nitrogens with one attached hydrogen (secondary N) is 1. The standard InChI is InChI=1S/C19H37NO4S/c1-3-4-5-6-7-8-9-10-11-12-13-14-15-16-17-18-19(21)24-25(22,23)20-2/h10-11,20H,3-9,12-18H2,1-2H3/b11-10-. The molecule has 25 heavy (non-hydrogen) atoms. The molecule has 5 nitrogen and oxygen atoms in total. The van der Waals surface area contributed by atoms with Crippen molar-refractivity contribution in [1.82, 2.24) is 4.72 Å². The highest BCUT2D eigenvalue weighted by Gasteiger charge is 2.13. The van der Waals surface area contributed by atoms with Crippen LogP contribution in [0.1, 0.15) is 96.8 Å². The van der Waals surface area contributed by atoms with Crippen LogP contribution in [0.5, 0.6) is 0 Å². The minimum absolute atomic E-state index is 0.152. The molecule has 148 valence electrons. The van der Waals surface area contributed by atoms with Gasteiger partial charge in [0.2, 0.25) is 0 Å². The van der Waals surface area contributed by atoms with Crippen molar-refractivity contribution in [3.63, 3.8) is 0 Å². The zero-order valence-corrected chi connectivity index (χ0v) is 16.9. The molecule has 0 rings (SSSR count). The highest BCUT2D eigenvalue weighted by Crippen LogP contribution is 2.10. The molecule has 0 aromatic carbocycles. The predicted molar refractivity (Wildman–Crippen MR) is 104 cm³/mol. The van der Waals surface area contributed by atoms with E-state index in [-0.39, 0.29) is 6.42 Å². The summed E-state index contributed by atoms with van der Waals surface area (Å²) in [6.07, 6.45) is 20.1. The van der Waals surface area contributed by atoms with Crippen LogP contribution in [0.4, 0.5) is 0 Å². The summed E-state index contributed by atoms with van der Waals surface area (Å²) in [5, 5.41) is 0. The maximum Gasteiger partial charge on any atom is 0.384 e. The van der Waals surface area contributed by atoms with E-state index in [0.29, 0.717) is 6.42 Å². The molecule has 0 aromatic heterocycles. The maximum atomic E-state index is 11.3. The minimum Gasteiger partial charge on any atom is -0.334 e. The Hall–Kier alpha value is -0.880. The number of hydrogen-bond donors (Lipinski definition) is 1. The van der Waals surface area contributed by atoms with Gasteiger partial charge in [-0.05, 0) is 32.1 Å². The van der Waals surface area contributed by atoms with E-state index in [1.54, 1.807) is 0 Å². The molecule has 0 aliphatic rings. The van der Waals surface area contributed by atoms with E-state index in [4.69, 9.17) is 0 Å². The van der Waals surface area contributed by atoms with Crippen molar-refractivity contribution in [3.8, 4) is 0 Å². The quantitative estimate of drug-likeness (QED) is 0.286. The van der Waals surface area contributed by atoms with Gasteiger partial charge in [0.25, 0.3) is 0 Å². The third-order valence-corrected chi connectivity index (χ3v) is 5.00. The molecule has 0 spiro atoms. The molecular formula is C19H37NO4S. The zero-order valence-electron chi connectivity index (χ0n) is 16.1. The number of allylic oxidation sites excluding steroid dienone is 2. The molecule has 0 aliphatic heterocycles. The Labute approximate surface area is 154 Å². The van der Waals surface area contributed by atoms with Gasteiger partial charge in [-0.15, -0.1) is 0 Å². The summed E-state index contributed by atoms with van der Waals surface area (Å²) in [5.74, 6) is -0.688. The lowest BCUT2D eigenvalue weighted by Gasteiger charge is -2.03. The van der Waals surface area contributed by atoms with Gasteiger partial charge in [0, 0.05) is 13.5 Å². The minimum atomic E-state index is -3.90. The molecule has 0 aromatic rings. The summed E-state index contributed by atoms with van der Waals surface area (Å²) in [4.78, 5) is 11.3. The smallest absolute Gasteiger partial charge is 0.334 e. The highest BCUT2D eigenvalue weighted by molar-refractivity contribution is 7.85. The van der Waals surface area contributed by atoms with Gasteiger partial charge in [-0.3, -0.25) is 4.79 Å². The van der Waals surface area contributed by atoms with Gasteiger partial charge in [-0.2, -0.15) is 13.1 Å². The summed E-state index contributed by atoms with van der Waals surface area (Å²) in [6.45, 7) is 2.24. The van der Waals surface area contributed by atoms with E-state index in [9.17, 15) is 13.2 Å². The van der Waals surface area contributed by atoms with E-state index in [0.717, 1.165) is 25.7 Å². The molecule has 0 bridgehead atoms. The average Bonchev–Trinajstić information content (AvgIpc) is 2.58. The Bertz CT molecular complexity index is 446. The fourth-order valence-corrected chi connectivity index (χ4v) is 2.96. The number of hydrogen-bond acceptors (Lipinski definition) is 4. The van der Waals surface area contributed by atoms with Crippen LogP contribution >= 0.6 is 0 Å². The van der Waals surface area contributed by atoms with Crippen molar-refractivity contribution < 1.29 is 17.4 Å². The van der Waals surface area contributed by atoms with Crippen LogP contribution in [0, 0.1) is 0 Å². The number of unbranched alkanes of at least 4 members (excludes halogenated alkanes) is 11. The normalized spacial score (nSPS) is 11.9. The van der Waals surface area contributed by atoms with Crippen LogP contribution < -0.4 is 4.72 Å². The lowest BCUT2D eigenvalue weighted by Crippen LogP contribution is -2.24. The maximum absolute atomic E-state index is 11.3. The van der Waals surface area contributed by atoms with Crippen molar-refractivity contribution in [3.05, 3.63) is 12.2 Å². The van der Waals surface area contributed by atoms with Gasteiger partial charge in [0.1, 0.15) is 0 Å². The number of carbonyl (C=O) groups excluding carboxylic acids is 1. The van der Waals surface area contributed by atoms with E-state index < -0.39 is 16.3 Å². The second-order valence-electron chi connectivity index (χ2n) is 6.45.